The number of carbonyl (C=O) groups is 1. The van der Waals surface area contributed by atoms with Crippen LogP contribution in [0.15, 0.2) is 11.4 Å². The molecule has 31 heavy (non-hydrogen) atoms. The Hall–Kier alpha value is -1.91. The average molecular weight is 457 g/mol. The van der Waals surface area contributed by atoms with Crippen molar-refractivity contribution in [1.82, 2.24) is 15.2 Å². The van der Waals surface area contributed by atoms with Gasteiger partial charge < -0.3 is 15.0 Å². The van der Waals surface area contributed by atoms with Gasteiger partial charge in [-0.05, 0) is 31.7 Å². The molecule has 3 heterocycles. The second kappa shape index (κ2) is 8.91. The van der Waals surface area contributed by atoms with Crippen LogP contribution in [0.5, 0.6) is 0 Å². The Labute approximate surface area is 183 Å². The van der Waals surface area contributed by atoms with Gasteiger partial charge in [-0.3, -0.25) is 9.69 Å². The molecule has 0 aromatic carbocycles. The highest BCUT2D eigenvalue weighted by atomic mass is 32.1. The molecule has 1 saturated carbocycles. The maximum atomic E-state index is 13.7. The molecule has 2 fully saturated rings. The van der Waals surface area contributed by atoms with Gasteiger partial charge in [0.1, 0.15) is 5.82 Å². The van der Waals surface area contributed by atoms with E-state index in [2.05, 4.69) is 22.1 Å². The third-order valence-corrected chi connectivity index (χ3v) is 6.81. The van der Waals surface area contributed by atoms with Crippen molar-refractivity contribution in [3.8, 4) is 0 Å². The Kier molecular flexibility index (Phi) is 6.41. The van der Waals surface area contributed by atoms with Gasteiger partial charge in [-0.1, -0.05) is 0 Å². The van der Waals surface area contributed by atoms with Gasteiger partial charge in [-0.25, -0.2) is 4.98 Å². The van der Waals surface area contributed by atoms with Crippen LogP contribution in [-0.4, -0.2) is 68.3 Å². The van der Waals surface area contributed by atoms with Crippen molar-refractivity contribution >= 4 is 33.3 Å². The van der Waals surface area contributed by atoms with Gasteiger partial charge in [0.15, 0.2) is 0 Å². The number of pyridine rings is 1. The van der Waals surface area contributed by atoms with Crippen LogP contribution in [0.25, 0.3) is 10.2 Å². The quantitative estimate of drug-likeness (QED) is 0.690. The highest BCUT2D eigenvalue weighted by molar-refractivity contribution is 7.17. The first-order valence-electron chi connectivity index (χ1n) is 10.6. The average Bonchev–Trinajstić information content (AvgIpc) is 3.48. The summed E-state index contributed by atoms with van der Waals surface area (Å²) in [7, 11) is 1.45. The van der Waals surface area contributed by atoms with E-state index in [1.165, 1.54) is 25.3 Å². The number of halogens is 3. The van der Waals surface area contributed by atoms with Crippen LogP contribution in [0.4, 0.5) is 19.0 Å². The fourth-order valence-corrected chi connectivity index (χ4v) is 4.85. The van der Waals surface area contributed by atoms with E-state index >= 15 is 0 Å². The van der Waals surface area contributed by atoms with Crippen molar-refractivity contribution in [3.63, 3.8) is 0 Å². The summed E-state index contributed by atoms with van der Waals surface area (Å²) in [5.74, 6) is 0.551. The van der Waals surface area contributed by atoms with Gasteiger partial charge in [0.2, 0.25) is 0 Å². The number of rotatable bonds is 7. The molecule has 1 aliphatic heterocycles. The summed E-state index contributed by atoms with van der Waals surface area (Å²) in [6.07, 6.45) is -1.86. The van der Waals surface area contributed by atoms with E-state index in [0.29, 0.717) is 13.1 Å². The molecule has 170 valence electrons. The molecule has 2 aromatic rings. The topological polar surface area (TPSA) is 57.7 Å². The van der Waals surface area contributed by atoms with E-state index in [9.17, 15) is 18.0 Å². The van der Waals surface area contributed by atoms with E-state index in [1.54, 1.807) is 0 Å². The molecular weight excluding hydrogens is 429 g/mol. The molecule has 2 aromatic heterocycles. The number of nitrogens with one attached hydrogen (secondary N) is 1. The molecular formula is C21H27F3N4O2S. The first-order chi connectivity index (χ1) is 14.8. The fraction of sp³-hybridized carbons (Fsp3) is 0.619. The third-order valence-electron chi connectivity index (χ3n) is 5.81. The molecule has 1 unspecified atom stereocenters. The standard InChI is InChI=1S/C21H27F3N4O2S/c1-13(30-11-14-3-4-14)10-27-5-7-28(8-6-27)17-9-16(21(22,23)24)19-18(26-17)15(12-31-19)20(29)25-2/h9,12-14H,3-8,10-11H2,1-2H3,(H,25,29). The molecule has 1 amide bonds. The number of carbonyl (C=O) groups excluding carboxylic acids is 1. The van der Waals surface area contributed by atoms with E-state index in [0.717, 1.165) is 49.6 Å². The number of hydrogen-bond acceptors (Lipinski definition) is 6. The zero-order valence-corrected chi connectivity index (χ0v) is 18.5. The second-order valence-electron chi connectivity index (χ2n) is 8.31. The predicted molar refractivity (Wildman–Crippen MR) is 115 cm³/mol. The SMILES string of the molecule is CNC(=O)c1csc2c(C(F)(F)F)cc(N3CCN(CC(C)OCC4CC4)CC3)nc12. The minimum absolute atomic E-state index is 0.00452. The number of ether oxygens (including phenoxy) is 1. The van der Waals surface area contributed by atoms with E-state index < -0.39 is 17.6 Å². The van der Waals surface area contributed by atoms with Crippen molar-refractivity contribution in [2.75, 3.05) is 51.3 Å². The predicted octanol–water partition coefficient (Wildman–Crippen LogP) is 3.61. The van der Waals surface area contributed by atoms with Crippen molar-refractivity contribution in [1.29, 1.82) is 0 Å². The molecule has 4 rings (SSSR count). The normalized spacial score (nSPS) is 19.1. The number of thiophene rings is 1. The zero-order valence-electron chi connectivity index (χ0n) is 17.7. The van der Waals surface area contributed by atoms with Gasteiger partial charge in [-0.15, -0.1) is 11.3 Å². The number of hydrogen-bond donors (Lipinski definition) is 1. The molecule has 0 bridgehead atoms. The molecule has 6 nitrogen and oxygen atoms in total. The molecule has 1 atom stereocenters. The van der Waals surface area contributed by atoms with E-state index in [1.807, 2.05) is 4.90 Å². The Morgan fingerprint density at radius 3 is 2.65 bits per heavy atom. The van der Waals surface area contributed by atoms with E-state index in [-0.39, 0.29) is 27.7 Å². The lowest BCUT2D eigenvalue weighted by atomic mass is 10.1. The molecule has 1 aliphatic carbocycles. The number of fused-ring (bicyclic) bond motifs is 1. The van der Waals surface area contributed by atoms with Crippen LogP contribution in [0.1, 0.15) is 35.7 Å². The molecule has 2 aliphatic rings. The van der Waals surface area contributed by atoms with E-state index in [4.69, 9.17) is 4.74 Å². The Morgan fingerprint density at radius 1 is 1.32 bits per heavy atom. The summed E-state index contributed by atoms with van der Waals surface area (Å²) in [5, 5.41) is 3.92. The van der Waals surface area contributed by atoms with Crippen molar-refractivity contribution < 1.29 is 22.7 Å². The number of piperazine rings is 1. The Morgan fingerprint density at radius 2 is 2.03 bits per heavy atom. The zero-order chi connectivity index (χ0) is 22.2. The monoisotopic (exact) mass is 456 g/mol. The van der Waals surface area contributed by atoms with Crippen LogP contribution in [0.2, 0.25) is 0 Å². The minimum Gasteiger partial charge on any atom is -0.377 e. The maximum absolute atomic E-state index is 13.7. The molecule has 1 N–H and O–H groups in total. The number of anilines is 1. The van der Waals surface area contributed by atoms with Crippen LogP contribution < -0.4 is 10.2 Å². The van der Waals surface area contributed by atoms with Gasteiger partial charge in [0.25, 0.3) is 5.91 Å². The highest BCUT2D eigenvalue weighted by Gasteiger charge is 2.36. The Bertz CT molecular complexity index is 937. The first kappa shape index (κ1) is 22.3. The highest BCUT2D eigenvalue weighted by Crippen LogP contribution is 2.40. The van der Waals surface area contributed by atoms with Gasteiger partial charge in [0, 0.05) is 51.8 Å². The van der Waals surface area contributed by atoms with Gasteiger partial charge in [-0.2, -0.15) is 13.2 Å². The molecule has 0 radical (unpaired) electrons. The summed E-state index contributed by atoms with van der Waals surface area (Å²) in [4.78, 5) is 20.7. The van der Waals surface area contributed by atoms with Crippen molar-refractivity contribution in [3.05, 3.63) is 22.6 Å². The van der Waals surface area contributed by atoms with Crippen molar-refractivity contribution in [2.24, 2.45) is 5.92 Å². The second-order valence-corrected chi connectivity index (χ2v) is 9.19. The number of nitrogens with zero attached hydrogens (tertiary/aromatic N) is 3. The molecule has 0 spiro atoms. The number of alkyl halides is 3. The first-order valence-corrected chi connectivity index (χ1v) is 11.4. The summed E-state index contributed by atoms with van der Waals surface area (Å²) < 4.78 is 47.1. The van der Waals surface area contributed by atoms with Crippen LogP contribution in [0, 0.1) is 5.92 Å². The summed E-state index contributed by atoms with van der Waals surface area (Å²) in [6.45, 7) is 6.30. The van der Waals surface area contributed by atoms with Crippen LogP contribution in [-0.2, 0) is 10.9 Å². The Balaban J connectivity index is 1.49. The fourth-order valence-electron chi connectivity index (χ4n) is 3.82. The lowest BCUT2D eigenvalue weighted by Gasteiger charge is -2.36. The molecule has 1 saturated heterocycles. The largest absolute Gasteiger partial charge is 0.417 e. The molecule has 10 heteroatoms. The third kappa shape index (κ3) is 5.12. The smallest absolute Gasteiger partial charge is 0.377 e. The van der Waals surface area contributed by atoms with Crippen LogP contribution in [0.3, 0.4) is 0 Å². The minimum atomic E-state index is -4.52. The van der Waals surface area contributed by atoms with Gasteiger partial charge >= 0.3 is 6.18 Å². The maximum Gasteiger partial charge on any atom is 0.417 e. The summed E-state index contributed by atoms with van der Waals surface area (Å²) in [5.41, 5.74) is -0.453. The summed E-state index contributed by atoms with van der Waals surface area (Å²) in [6, 6.07) is 1.11. The summed E-state index contributed by atoms with van der Waals surface area (Å²) >= 11 is 0.901. The van der Waals surface area contributed by atoms with Gasteiger partial charge in [0.05, 0.1) is 27.4 Å². The van der Waals surface area contributed by atoms with Crippen molar-refractivity contribution in [2.45, 2.75) is 32.0 Å². The lowest BCUT2D eigenvalue weighted by Crippen LogP contribution is -2.48. The van der Waals surface area contributed by atoms with Crippen LogP contribution >= 0.6 is 11.3 Å². The number of aromatic nitrogens is 1. The number of amides is 1. The lowest BCUT2D eigenvalue weighted by molar-refractivity contribution is -0.136.